The summed E-state index contributed by atoms with van der Waals surface area (Å²) in [6.45, 7) is 0.671. The Morgan fingerprint density at radius 2 is 2.36 bits per heavy atom. The lowest BCUT2D eigenvalue weighted by atomic mass is 10.5. The number of nitrogens with zero attached hydrogens (tertiary/aromatic N) is 4. The van der Waals surface area contributed by atoms with Crippen LogP contribution in [0.15, 0.2) is 0 Å². The second-order valence-electron chi connectivity index (χ2n) is 1.97. The summed E-state index contributed by atoms with van der Waals surface area (Å²) in [6, 6.07) is 0. The van der Waals surface area contributed by atoms with Gasteiger partial charge in [0.2, 0.25) is 5.95 Å². The molecule has 0 aliphatic carbocycles. The Balaban J connectivity index is 2.56. The van der Waals surface area contributed by atoms with Gasteiger partial charge in [-0.25, -0.2) is 4.68 Å². The number of alkyl halides is 2. The van der Waals surface area contributed by atoms with Crippen LogP contribution in [0.5, 0.6) is 0 Å². The van der Waals surface area contributed by atoms with E-state index in [1.807, 2.05) is 0 Å². The van der Waals surface area contributed by atoms with Crippen LogP contribution in [0.4, 0.5) is 5.95 Å². The highest BCUT2D eigenvalue weighted by molar-refractivity contribution is 9.12. The van der Waals surface area contributed by atoms with Crippen LogP contribution in [0, 0.1) is 0 Å². The van der Waals surface area contributed by atoms with Gasteiger partial charge in [-0.05, 0) is 10.4 Å². The maximum atomic E-state index is 5.43. The van der Waals surface area contributed by atoms with Crippen LogP contribution < -0.4 is 5.73 Å². The summed E-state index contributed by atoms with van der Waals surface area (Å²) >= 11 is 6.73. The van der Waals surface area contributed by atoms with Gasteiger partial charge in [0, 0.05) is 10.2 Å². The molecule has 1 aromatic heterocycles. The Labute approximate surface area is 80.6 Å². The van der Waals surface area contributed by atoms with Crippen molar-refractivity contribution in [1.29, 1.82) is 0 Å². The van der Waals surface area contributed by atoms with Gasteiger partial charge in [0.1, 0.15) is 0 Å². The van der Waals surface area contributed by atoms with Crippen molar-refractivity contribution in [3.05, 3.63) is 0 Å². The highest BCUT2D eigenvalue weighted by atomic mass is 79.9. The van der Waals surface area contributed by atoms with Crippen molar-refractivity contribution in [1.82, 2.24) is 20.2 Å². The smallest absolute Gasteiger partial charge is 0.240 e. The molecule has 0 aliphatic heterocycles. The third-order valence-electron chi connectivity index (χ3n) is 1.10. The average Bonchev–Trinajstić information content (AvgIpc) is 2.37. The number of rotatable bonds is 3. The first-order chi connectivity index (χ1) is 5.24. The van der Waals surface area contributed by atoms with E-state index in [2.05, 4.69) is 47.4 Å². The number of hydrogen-bond donors (Lipinski definition) is 1. The molecule has 5 nitrogen and oxygen atoms in total. The van der Waals surface area contributed by atoms with E-state index >= 15 is 0 Å². The summed E-state index contributed by atoms with van der Waals surface area (Å²) in [5.74, 6) is 0.343. The Bertz CT molecular complexity index is 224. The molecule has 1 unspecified atom stereocenters. The molecule has 0 bridgehead atoms. The van der Waals surface area contributed by atoms with Gasteiger partial charge in [-0.3, -0.25) is 0 Å². The molecule has 1 atom stereocenters. The minimum absolute atomic E-state index is 0.299. The van der Waals surface area contributed by atoms with E-state index in [0.29, 0.717) is 17.3 Å². The number of nitrogen functional groups attached to an aromatic ring is 1. The zero-order chi connectivity index (χ0) is 8.27. The minimum Gasteiger partial charge on any atom is -0.367 e. The van der Waals surface area contributed by atoms with Crippen molar-refractivity contribution in [3.8, 4) is 0 Å². The zero-order valence-corrected chi connectivity index (χ0v) is 8.79. The largest absolute Gasteiger partial charge is 0.367 e. The van der Waals surface area contributed by atoms with Gasteiger partial charge in [0.15, 0.2) is 0 Å². The summed E-state index contributed by atoms with van der Waals surface area (Å²) in [5.41, 5.74) is 5.43. The topological polar surface area (TPSA) is 69.6 Å². The molecule has 62 valence electrons. The number of halogens is 2. The maximum Gasteiger partial charge on any atom is 0.240 e. The quantitative estimate of drug-likeness (QED) is 0.817. The van der Waals surface area contributed by atoms with Crippen molar-refractivity contribution in [3.63, 3.8) is 0 Å². The fourth-order valence-electron chi connectivity index (χ4n) is 0.578. The van der Waals surface area contributed by atoms with E-state index in [1.165, 1.54) is 0 Å². The first-order valence-electron chi connectivity index (χ1n) is 2.95. The number of aromatic nitrogens is 4. The van der Waals surface area contributed by atoms with E-state index in [0.717, 1.165) is 5.33 Å². The Hall–Kier alpha value is -0.170. The highest BCUT2D eigenvalue weighted by Gasteiger charge is 2.06. The second kappa shape index (κ2) is 4.01. The number of hydrogen-bond acceptors (Lipinski definition) is 4. The molecular formula is C4H7Br2N5. The number of nitrogens with two attached hydrogens (primary N) is 1. The molecule has 7 heteroatoms. The molecule has 0 radical (unpaired) electrons. The normalized spacial score (nSPS) is 13.3. The van der Waals surface area contributed by atoms with Crippen LogP contribution in [0.1, 0.15) is 0 Å². The molecule has 0 saturated heterocycles. The number of anilines is 1. The van der Waals surface area contributed by atoms with E-state index in [1.54, 1.807) is 4.68 Å². The van der Waals surface area contributed by atoms with Gasteiger partial charge in [-0.1, -0.05) is 37.0 Å². The van der Waals surface area contributed by atoms with Crippen LogP contribution in [0.25, 0.3) is 0 Å². The van der Waals surface area contributed by atoms with Crippen molar-refractivity contribution in [2.75, 3.05) is 11.1 Å². The SMILES string of the molecule is Nc1nnnn1CC(Br)CBr. The van der Waals surface area contributed by atoms with Gasteiger partial charge in [-0.15, -0.1) is 0 Å². The van der Waals surface area contributed by atoms with Crippen molar-refractivity contribution < 1.29 is 0 Å². The minimum atomic E-state index is 0.299. The monoisotopic (exact) mass is 283 g/mol. The van der Waals surface area contributed by atoms with Crippen LogP contribution in [-0.4, -0.2) is 30.4 Å². The van der Waals surface area contributed by atoms with Gasteiger partial charge >= 0.3 is 0 Å². The van der Waals surface area contributed by atoms with Crippen LogP contribution >= 0.6 is 31.9 Å². The lowest BCUT2D eigenvalue weighted by molar-refractivity contribution is 0.601. The van der Waals surface area contributed by atoms with Gasteiger partial charge in [0.25, 0.3) is 0 Å². The number of tetrazole rings is 1. The molecule has 0 spiro atoms. The third kappa shape index (κ3) is 2.41. The Morgan fingerprint density at radius 1 is 1.64 bits per heavy atom. The molecule has 1 heterocycles. The molecule has 0 fully saturated rings. The third-order valence-corrected chi connectivity index (χ3v) is 3.36. The molecule has 11 heavy (non-hydrogen) atoms. The lowest BCUT2D eigenvalue weighted by Gasteiger charge is -2.04. The van der Waals surface area contributed by atoms with Gasteiger partial charge in [0.05, 0.1) is 6.54 Å². The molecule has 1 aromatic rings. The standard InChI is InChI=1S/C4H7Br2N5/c5-1-3(6)2-11-4(7)8-9-10-11/h3H,1-2H2,(H2,7,8,10). The molecule has 1 rings (SSSR count). The highest BCUT2D eigenvalue weighted by Crippen LogP contribution is 2.07. The lowest BCUT2D eigenvalue weighted by Crippen LogP contribution is -2.14. The molecule has 0 aliphatic rings. The predicted octanol–water partition coefficient (Wildman–Crippen LogP) is 0.414. The van der Waals surface area contributed by atoms with E-state index in [-0.39, 0.29) is 0 Å². The first-order valence-corrected chi connectivity index (χ1v) is 4.99. The van der Waals surface area contributed by atoms with Gasteiger partial charge < -0.3 is 5.73 Å². The summed E-state index contributed by atoms with van der Waals surface area (Å²) in [5, 5.41) is 11.5. The first kappa shape index (κ1) is 8.92. The summed E-state index contributed by atoms with van der Waals surface area (Å²) < 4.78 is 1.54. The van der Waals surface area contributed by atoms with Gasteiger partial charge in [-0.2, -0.15) is 0 Å². The predicted molar refractivity (Wildman–Crippen MR) is 48.7 cm³/mol. The second-order valence-corrected chi connectivity index (χ2v) is 3.91. The average molecular weight is 285 g/mol. The Morgan fingerprint density at radius 3 is 2.82 bits per heavy atom. The maximum absolute atomic E-state index is 5.43. The van der Waals surface area contributed by atoms with Crippen LogP contribution in [0.2, 0.25) is 0 Å². The fraction of sp³-hybridized carbons (Fsp3) is 0.750. The Kier molecular flexibility index (Phi) is 3.25. The molecule has 2 N–H and O–H groups in total. The molecular weight excluding hydrogens is 278 g/mol. The van der Waals surface area contributed by atoms with Crippen LogP contribution in [-0.2, 0) is 6.54 Å². The molecule has 0 amide bonds. The van der Waals surface area contributed by atoms with E-state index in [4.69, 9.17) is 5.73 Å². The summed E-state index contributed by atoms with van der Waals surface area (Å²) in [7, 11) is 0. The molecule has 0 saturated carbocycles. The summed E-state index contributed by atoms with van der Waals surface area (Å²) in [4.78, 5) is 0.299. The van der Waals surface area contributed by atoms with Crippen molar-refractivity contribution >= 4 is 37.8 Å². The van der Waals surface area contributed by atoms with E-state index in [9.17, 15) is 0 Å². The van der Waals surface area contributed by atoms with E-state index < -0.39 is 0 Å². The van der Waals surface area contributed by atoms with Crippen molar-refractivity contribution in [2.45, 2.75) is 11.4 Å². The van der Waals surface area contributed by atoms with Crippen molar-refractivity contribution in [2.24, 2.45) is 0 Å². The zero-order valence-electron chi connectivity index (χ0n) is 5.61. The fourth-order valence-corrected chi connectivity index (χ4v) is 1.06. The van der Waals surface area contributed by atoms with Crippen LogP contribution in [0.3, 0.4) is 0 Å². The molecule has 0 aromatic carbocycles. The summed E-state index contributed by atoms with van der Waals surface area (Å²) in [6.07, 6.45) is 0.